The zero-order chi connectivity index (χ0) is 8.55. The summed E-state index contributed by atoms with van der Waals surface area (Å²) in [6, 6.07) is 5.66. The van der Waals surface area contributed by atoms with E-state index in [4.69, 9.17) is 16.3 Å². The Balaban J connectivity index is 2.53. The Bertz CT molecular complexity index is 342. The van der Waals surface area contributed by atoms with E-state index >= 15 is 0 Å². The number of rotatable bonds is 0. The Labute approximate surface area is 76.6 Å². The van der Waals surface area contributed by atoms with Crippen molar-refractivity contribution < 1.29 is 4.74 Å². The molecule has 0 fully saturated rings. The normalized spacial score (nSPS) is 14.7. The van der Waals surface area contributed by atoms with Gasteiger partial charge in [0, 0.05) is 10.6 Å². The fourth-order valence-corrected chi connectivity index (χ4v) is 1.44. The molecule has 0 atom stereocenters. The number of halogens is 1. The van der Waals surface area contributed by atoms with Crippen molar-refractivity contribution in [3.63, 3.8) is 0 Å². The van der Waals surface area contributed by atoms with E-state index in [2.05, 4.69) is 6.08 Å². The number of fused-ring (bicyclic) bond motifs is 1. The van der Waals surface area contributed by atoms with Gasteiger partial charge in [-0.15, -0.1) is 0 Å². The average Bonchev–Trinajstić information content (AvgIpc) is 2.03. The Morgan fingerprint density at radius 1 is 1.42 bits per heavy atom. The van der Waals surface area contributed by atoms with Gasteiger partial charge in [-0.1, -0.05) is 11.6 Å². The van der Waals surface area contributed by atoms with E-state index in [0.717, 1.165) is 16.3 Å². The molecule has 0 amide bonds. The Morgan fingerprint density at radius 3 is 3.08 bits per heavy atom. The van der Waals surface area contributed by atoms with E-state index in [-0.39, 0.29) is 0 Å². The van der Waals surface area contributed by atoms with Gasteiger partial charge < -0.3 is 4.74 Å². The second kappa shape index (κ2) is 2.83. The van der Waals surface area contributed by atoms with Crippen LogP contribution >= 0.6 is 11.6 Å². The van der Waals surface area contributed by atoms with Crippen molar-refractivity contribution in [1.82, 2.24) is 0 Å². The van der Waals surface area contributed by atoms with Gasteiger partial charge in [-0.2, -0.15) is 0 Å². The Morgan fingerprint density at radius 2 is 2.25 bits per heavy atom. The van der Waals surface area contributed by atoms with Gasteiger partial charge in [0.25, 0.3) is 0 Å². The van der Waals surface area contributed by atoms with Gasteiger partial charge in [0.1, 0.15) is 12.4 Å². The van der Waals surface area contributed by atoms with E-state index in [0.29, 0.717) is 6.61 Å². The first-order valence-corrected chi connectivity index (χ1v) is 4.23. The van der Waals surface area contributed by atoms with Crippen molar-refractivity contribution >= 4 is 17.7 Å². The monoisotopic (exact) mass is 180 g/mol. The van der Waals surface area contributed by atoms with Gasteiger partial charge in [-0.3, -0.25) is 0 Å². The summed E-state index contributed by atoms with van der Waals surface area (Å²) in [6.07, 6.45) is 2.10. The van der Waals surface area contributed by atoms with Crippen LogP contribution in [0.2, 0.25) is 5.02 Å². The van der Waals surface area contributed by atoms with E-state index in [1.807, 2.05) is 25.1 Å². The van der Waals surface area contributed by atoms with Crippen molar-refractivity contribution in [3.05, 3.63) is 34.4 Å². The molecule has 0 bridgehead atoms. The molecule has 0 N–H and O–H groups in total. The highest BCUT2D eigenvalue weighted by Gasteiger charge is 2.07. The zero-order valence-corrected chi connectivity index (χ0v) is 7.56. The molecule has 1 aromatic carbocycles. The molecule has 0 aliphatic carbocycles. The molecule has 0 unspecified atom stereocenters. The maximum atomic E-state index is 5.84. The van der Waals surface area contributed by atoms with Crippen LogP contribution in [0.3, 0.4) is 0 Å². The summed E-state index contributed by atoms with van der Waals surface area (Å²) in [6.45, 7) is 2.73. The highest BCUT2D eigenvalue weighted by atomic mass is 35.5. The van der Waals surface area contributed by atoms with Gasteiger partial charge in [-0.25, -0.2) is 0 Å². The molecule has 1 nitrogen and oxygen atoms in total. The fraction of sp³-hybridized carbons (Fsp3) is 0.200. The molecule has 0 saturated carbocycles. The molecular weight excluding hydrogens is 172 g/mol. The maximum Gasteiger partial charge on any atom is 0.127 e. The molecule has 62 valence electrons. The second-order valence-electron chi connectivity index (χ2n) is 2.96. The smallest absolute Gasteiger partial charge is 0.127 e. The van der Waals surface area contributed by atoms with E-state index in [9.17, 15) is 0 Å². The van der Waals surface area contributed by atoms with Crippen LogP contribution in [0.1, 0.15) is 12.5 Å². The summed E-state index contributed by atoms with van der Waals surface area (Å²) in [5.74, 6) is 0.921. The van der Waals surface area contributed by atoms with Crippen LogP contribution in [0.25, 0.3) is 6.08 Å². The molecule has 0 spiro atoms. The summed E-state index contributed by atoms with van der Waals surface area (Å²) in [4.78, 5) is 0. The van der Waals surface area contributed by atoms with Gasteiger partial charge in [0.05, 0.1) is 0 Å². The molecule has 2 heteroatoms. The lowest BCUT2D eigenvalue weighted by atomic mass is 10.1. The number of hydrogen-bond acceptors (Lipinski definition) is 1. The van der Waals surface area contributed by atoms with E-state index in [1.54, 1.807) is 0 Å². The molecular formula is C10H9ClO. The van der Waals surface area contributed by atoms with E-state index < -0.39 is 0 Å². The van der Waals surface area contributed by atoms with Crippen molar-refractivity contribution in [2.24, 2.45) is 0 Å². The maximum absolute atomic E-state index is 5.84. The lowest BCUT2D eigenvalue weighted by Crippen LogP contribution is -2.04. The third-order valence-electron chi connectivity index (χ3n) is 1.83. The Kier molecular flexibility index (Phi) is 1.81. The summed E-state index contributed by atoms with van der Waals surface area (Å²) in [7, 11) is 0. The van der Waals surface area contributed by atoms with E-state index in [1.165, 1.54) is 5.57 Å². The fourth-order valence-electron chi connectivity index (χ4n) is 1.26. The van der Waals surface area contributed by atoms with Crippen molar-refractivity contribution in [2.75, 3.05) is 6.61 Å². The highest BCUT2D eigenvalue weighted by molar-refractivity contribution is 6.30. The van der Waals surface area contributed by atoms with Crippen LogP contribution in [-0.2, 0) is 0 Å². The minimum atomic E-state index is 0.689. The van der Waals surface area contributed by atoms with Crippen molar-refractivity contribution in [2.45, 2.75) is 6.92 Å². The third kappa shape index (κ3) is 1.32. The molecule has 2 rings (SSSR count). The van der Waals surface area contributed by atoms with Gasteiger partial charge >= 0.3 is 0 Å². The van der Waals surface area contributed by atoms with Gasteiger partial charge in [-0.05, 0) is 36.8 Å². The minimum Gasteiger partial charge on any atom is -0.489 e. The van der Waals surface area contributed by atoms with Gasteiger partial charge in [0.2, 0.25) is 0 Å². The van der Waals surface area contributed by atoms with Crippen LogP contribution in [0.15, 0.2) is 23.8 Å². The van der Waals surface area contributed by atoms with Crippen molar-refractivity contribution in [3.8, 4) is 5.75 Å². The predicted octanol–water partition coefficient (Wildman–Crippen LogP) is 3.14. The summed E-state index contributed by atoms with van der Waals surface area (Å²) >= 11 is 5.84. The summed E-state index contributed by atoms with van der Waals surface area (Å²) in [5.41, 5.74) is 2.30. The molecule has 1 heterocycles. The van der Waals surface area contributed by atoms with Crippen LogP contribution in [0.5, 0.6) is 5.75 Å². The average molecular weight is 181 g/mol. The molecule has 1 aliphatic heterocycles. The van der Waals surface area contributed by atoms with Crippen LogP contribution in [0, 0.1) is 0 Å². The molecule has 0 aromatic heterocycles. The summed E-state index contributed by atoms with van der Waals surface area (Å²) in [5, 5.41) is 0.753. The third-order valence-corrected chi connectivity index (χ3v) is 2.06. The van der Waals surface area contributed by atoms with Gasteiger partial charge in [0.15, 0.2) is 0 Å². The quantitative estimate of drug-likeness (QED) is 0.596. The van der Waals surface area contributed by atoms with Crippen LogP contribution in [0.4, 0.5) is 0 Å². The number of hydrogen-bond donors (Lipinski definition) is 0. The first-order valence-electron chi connectivity index (χ1n) is 3.85. The number of ether oxygens (including phenoxy) is 1. The standard InChI is InChI=1S/C10H9ClO/c1-7-4-8-5-9(11)2-3-10(8)12-6-7/h2-5H,6H2,1H3. The zero-order valence-electron chi connectivity index (χ0n) is 6.80. The largest absolute Gasteiger partial charge is 0.489 e. The highest BCUT2D eigenvalue weighted by Crippen LogP contribution is 2.28. The minimum absolute atomic E-state index is 0.689. The second-order valence-corrected chi connectivity index (χ2v) is 3.40. The Hall–Kier alpha value is -0.950. The SMILES string of the molecule is CC1=Cc2cc(Cl)ccc2OC1. The molecule has 0 saturated heterocycles. The number of benzene rings is 1. The van der Waals surface area contributed by atoms with Crippen LogP contribution in [-0.4, -0.2) is 6.61 Å². The predicted molar refractivity (Wildman–Crippen MR) is 50.6 cm³/mol. The lowest BCUT2D eigenvalue weighted by molar-refractivity contribution is 0.347. The lowest BCUT2D eigenvalue weighted by Gasteiger charge is -2.15. The molecule has 0 radical (unpaired) electrons. The first kappa shape index (κ1) is 7.69. The molecule has 12 heavy (non-hydrogen) atoms. The van der Waals surface area contributed by atoms with Crippen LogP contribution < -0.4 is 4.74 Å². The van der Waals surface area contributed by atoms with Crippen molar-refractivity contribution in [1.29, 1.82) is 0 Å². The molecule has 1 aromatic rings. The first-order chi connectivity index (χ1) is 5.75. The summed E-state index contributed by atoms with van der Waals surface area (Å²) < 4.78 is 5.46. The topological polar surface area (TPSA) is 9.23 Å². The molecule has 1 aliphatic rings.